The van der Waals surface area contributed by atoms with E-state index in [1.54, 1.807) is 13.2 Å². The van der Waals surface area contributed by atoms with Gasteiger partial charge in [-0.15, -0.1) is 0 Å². The monoisotopic (exact) mass is 267 g/mol. The van der Waals surface area contributed by atoms with Crippen molar-refractivity contribution in [3.63, 3.8) is 0 Å². The molecule has 4 nitrogen and oxygen atoms in total. The number of ether oxygens (including phenoxy) is 1. The molecule has 4 heteroatoms. The lowest BCUT2D eigenvalue weighted by molar-refractivity contribution is 0.413. The molecule has 0 heterocycles. The lowest BCUT2D eigenvalue weighted by Crippen LogP contribution is -2.17. The van der Waals surface area contributed by atoms with E-state index in [4.69, 9.17) is 15.7 Å². The molecule has 102 valence electrons. The molecular formula is C16H17N3O. The van der Waals surface area contributed by atoms with Crippen LogP contribution in [0.4, 0.5) is 11.4 Å². The third-order valence-electron chi connectivity index (χ3n) is 3.15. The first kappa shape index (κ1) is 13.8. The van der Waals surface area contributed by atoms with Crippen LogP contribution in [0.15, 0.2) is 42.5 Å². The van der Waals surface area contributed by atoms with Crippen LogP contribution in [-0.4, -0.2) is 14.2 Å². The molecule has 2 N–H and O–H groups in total. The molecule has 2 aromatic carbocycles. The lowest BCUT2D eigenvalue weighted by atomic mass is 10.1. The van der Waals surface area contributed by atoms with Crippen LogP contribution in [0.2, 0.25) is 0 Å². The summed E-state index contributed by atoms with van der Waals surface area (Å²) in [5, 5.41) is 8.98. The number of anilines is 2. The topological polar surface area (TPSA) is 62.3 Å². The minimum Gasteiger partial charge on any atom is -0.495 e. The van der Waals surface area contributed by atoms with E-state index in [0.29, 0.717) is 17.9 Å². The van der Waals surface area contributed by atoms with Gasteiger partial charge >= 0.3 is 0 Å². The maximum Gasteiger partial charge on any atom is 0.136 e. The van der Waals surface area contributed by atoms with Gasteiger partial charge in [0.2, 0.25) is 0 Å². The van der Waals surface area contributed by atoms with Crippen molar-refractivity contribution in [1.29, 1.82) is 5.26 Å². The number of rotatable bonds is 4. The van der Waals surface area contributed by atoms with Crippen LogP contribution in [0, 0.1) is 11.3 Å². The summed E-state index contributed by atoms with van der Waals surface area (Å²) in [4.78, 5) is 2.07. The molecule has 0 aliphatic carbocycles. The molecule has 0 spiro atoms. The molecule has 0 radical (unpaired) electrons. The maximum absolute atomic E-state index is 8.98. The van der Waals surface area contributed by atoms with E-state index in [2.05, 4.69) is 11.0 Å². The van der Waals surface area contributed by atoms with Gasteiger partial charge in [0, 0.05) is 13.6 Å². The predicted molar refractivity (Wildman–Crippen MR) is 80.7 cm³/mol. The Morgan fingerprint density at radius 1 is 1.25 bits per heavy atom. The molecule has 0 unspecified atom stereocenters. The number of nitrogens with zero attached hydrogens (tertiary/aromatic N) is 2. The quantitative estimate of drug-likeness (QED) is 0.865. The van der Waals surface area contributed by atoms with E-state index in [1.807, 2.05) is 43.4 Å². The largest absolute Gasteiger partial charge is 0.495 e. The molecule has 0 amide bonds. The van der Waals surface area contributed by atoms with Crippen molar-refractivity contribution in [1.82, 2.24) is 0 Å². The molecule has 2 aromatic rings. The second kappa shape index (κ2) is 5.98. The van der Waals surface area contributed by atoms with Gasteiger partial charge in [-0.05, 0) is 29.8 Å². The SMILES string of the molecule is COc1cc(CN(C)c2ccccc2N)ccc1C#N. The molecule has 0 aliphatic heterocycles. The van der Waals surface area contributed by atoms with Crippen LogP contribution in [-0.2, 0) is 6.54 Å². The standard InChI is InChI=1S/C16H17N3O/c1-19(15-6-4-3-5-14(15)18)11-12-7-8-13(10-17)16(9-12)20-2/h3-9H,11,18H2,1-2H3. The molecule has 0 aromatic heterocycles. The average molecular weight is 267 g/mol. The minimum atomic E-state index is 0.540. The highest BCUT2D eigenvalue weighted by atomic mass is 16.5. The van der Waals surface area contributed by atoms with Gasteiger partial charge in [-0.25, -0.2) is 0 Å². The van der Waals surface area contributed by atoms with Crippen LogP contribution in [0.1, 0.15) is 11.1 Å². The molecule has 0 bridgehead atoms. The number of nitriles is 1. The van der Waals surface area contributed by atoms with Gasteiger partial charge in [0.05, 0.1) is 24.0 Å². The van der Waals surface area contributed by atoms with E-state index in [-0.39, 0.29) is 0 Å². The Morgan fingerprint density at radius 2 is 2.00 bits per heavy atom. The second-order valence-electron chi connectivity index (χ2n) is 4.56. The van der Waals surface area contributed by atoms with Gasteiger partial charge in [-0.3, -0.25) is 0 Å². The van der Waals surface area contributed by atoms with Crippen molar-refractivity contribution in [2.45, 2.75) is 6.54 Å². The Hall–Kier alpha value is -2.67. The fourth-order valence-electron chi connectivity index (χ4n) is 2.12. The highest BCUT2D eigenvalue weighted by Gasteiger charge is 2.08. The van der Waals surface area contributed by atoms with Gasteiger partial charge in [-0.1, -0.05) is 18.2 Å². The maximum atomic E-state index is 8.98. The third-order valence-corrected chi connectivity index (χ3v) is 3.15. The van der Waals surface area contributed by atoms with Crippen LogP contribution >= 0.6 is 0 Å². The average Bonchev–Trinajstić information content (AvgIpc) is 2.47. The number of methoxy groups -OCH3 is 1. The molecule has 2 rings (SSSR count). The number of nitrogen functional groups attached to an aromatic ring is 1. The smallest absolute Gasteiger partial charge is 0.136 e. The van der Waals surface area contributed by atoms with Gasteiger partial charge < -0.3 is 15.4 Å². The van der Waals surface area contributed by atoms with Gasteiger partial charge in [-0.2, -0.15) is 5.26 Å². The van der Waals surface area contributed by atoms with Crippen molar-refractivity contribution < 1.29 is 4.74 Å². The second-order valence-corrected chi connectivity index (χ2v) is 4.56. The summed E-state index contributed by atoms with van der Waals surface area (Å²) >= 11 is 0. The highest BCUT2D eigenvalue weighted by Crippen LogP contribution is 2.25. The van der Waals surface area contributed by atoms with Crippen molar-refractivity contribution >= 4 is 11.4 Å². The zero-order chi connectivity index (χ0) is 14.5. The van der Waals surface area contributed by atoms with E-state index < -0.39 is 0 Å². The number of hydrogen-bond acceptors (Lipinski definition) is 4. The molecule has 0 saturated carbocycles. The molecule has 20 heavy (non-hydrogen) atoms. The van der Waals surface area contributed by atoms with Gasteiger partial charge in [0.15, 0.2) is 0 Å². The molecular weight excluding hydrogens is 250 g/mol. The fraction of sp³-hybridized carbons (Fsp3) is 0.188. The van der Waals surface area contributed by atoms with Crippen molar-refractivity contribution in [2.24, 2.45) is 0 Å². The van der Waals surface area contributed by atoms with Crippen LogP contribution < -0.4 is 15.4 Å². The van der Waals surface area contributed by atoms with Crippen LogP contribution in [0.25, 0.3) is 0 Å². The van der Waals surface area contributed by atoms with Gasteiger partial charge in [0.25, 0.3) is 0 Å². The van der Waals surface area contributed by atoms with Gasteiger partial charge in [0.1, 0.15) is 11.8 Å². The first-order chi connectivity index (χ1) is 9.65. The molecule has 0 atom stereocenters. The summed E-state index contributed by atoms with van der Waals surface area (Å²) in [7, 11) is 3.55. The first-order valence-corrected chi connectivity index (χ1v) is 6.28. The summed E-state index contributed by atoms with van der Waals surface area (Å²) in [6.07, 6.45) is 0. The normalized spacial score (nSPS) is 9.85. The Bertz CT molecular complexity index is 646. The summed E-state index contributed by atoms with van der Waals surface area (Å²) in [5.41, 5.74) is 9.30. The minimum absolute atomic E-state index is 0.540. The van der Waals surface area contributed by atoms with Crippen LogP contribution in [0.5, 0.6) is 5.75 Å². The number of nitrogens with two attached hydrogens (primary N) is 1. The summed E-state index contributed by atoms with van der Waals surface area (Å²) in [6, 6.07) is 15.4. The number of para-hydroxylation sites is 2. The summed E-state index contributed by atoms with van der Waals surface area (Å²) < 4.78 is 5.22. The number of benzene rings is 2. The molecule has 0 saturated heterocycles. The first-order valence-electron chi connectivity index (χ1n) is 6.28. The Kier molecular flexibility index (Phi) is 4.11. The number of hydrogen-bond donors (Lipinski definition) is 1. The Labute approximate surface area is 119 Å². The zero-order valence-corrected chi connectivity index (χ0v) is 11.6. The van der Waals surface area contributed by atoms with E-state index >= 15 is 0 Å². The van der Waals surface area contributed by atoms with E-state index in [0.717, 1.165) is 16.9 Å². The van der Waals surface area contributed by atoms with E-state index in [9.17, 15) is 0 Å². The Balaban J connectivity index is 2.22. The summed E-state index contributed by atoms with van der Waals surface area (Å²) in [5.74, 6) is 0.597. The summed E-state index contributed by atoms with van der Waals surface area (Å²) in [6.45, 7) is 0.691. The van der Waals surface area contributed by atoms with Crippen molar-refractivity contribution in [2.75, 3.05) is 24.8 Å². The molecule has 0 aliphatic rings. The predicted octanol–water partition coefficient (Wildman–Crippen LogP) is 2.79. The van der Waals surface area contributed by atoms with Crippen molar-refractivity contribution in [3.05, 3.63) is 53.6 Å². The molecule has 0 fully saturated rings. The van der Waals surface area contributed by atoms with E-state index in [1.165, 1.54) is 0 Å². The third kappa shape index (κ3) is 2.83. The lowest BCUT2D eigenvalue weighted by Gasteiger charge is -2.21. The Morgan fingerprint density at radius 3 is 2.65 bits per heavy atom. The fourth-order valence-corrected chi connectivity index (χ4v) is 2.12. The highest BCUT2D eigenvalue weighted by molar-refractivity contribution is 5.67. The van der Waals surface area contributed by atoms with Crippen molar-refractivity contribution in [3.8, 4) is 11.8 Å². The van der Waals surface area contributed by atoms with Crippen LogP contribution in [0.3, 0.4) is 0 Å². The zero-order valence-electron chi connectivity index (χ0n) is 11.6.